The van der Waals surface area contributed by atoms with E-state index in [4.69, 9.17) is 27.9 Å². The lowest BCUT2D eigenvalue weighted by Crippen LogP contribution is -2.24. The molecule has 0 fully saturated rings. The number of hydrogen-bond donors (Lipinski definition) is 1. The van der Waals surface area contributed by atoms with Gasteiger partial charge in [0, 0.05) is 10.6 Å². The van der Waals surface area contributed by atoms with Crippen LogP contribution >= 0.6 is 23.2 Å². The van der Waals surface area contributed by atoms with E-state index in [1.54, 1.807) is 24.3 Å². The summed E-state index contributed by atoms with van der Waals surface area (Å²) in [5, 5.41) is 4.42. The van der Waals surface area contributed by atoms with Gasteiger partial charge in [-0.05, 0) is 24.3 Å². The van der Waals surface area contributed by atoms with E-state index in [0.29, 0.717) is 15.8 Å². The Morgan fingerprint density at radius 1 is 1.27 bits per heavy atom. The van der Waals surface area contributed by atoms with Gasteiger partial charge in [0.15, 0.2) is 6.61 Å². The van der Waals surface area contributed by atoms with Gasteiger partial charge in [-0.25, -0.2) is 9.82 Å². The number of rotatable bonds is 5. The lowest BCUT2D eigenvalue weighted by molar-refractivity contribution is -0.123. The van der Waals surface area contributed by atoms with Crippen LogP contribution in [0.25, 0.3) is 0 Å². The van der Waals surface area contributed by atoms with Crippen molar-refractivity contribution in [1.29, 1.82) is 0 Å². The van der Waals surface area contributed by atoms with E-state index in [0.717, 1.165) is 0 Å². The van der Waals surface area contributed by atoms with Crippen molar-refractivity contribution >= 4 is 35.3 Å². The minimum atomic E-state index is -0.501. The molecule has 0 bridgehead atoms. The normalized spacial score (nSPS) is 10.7. The van der Waals surface area contributed by atoms with Crippen molar-refractivity contribution in [2.24, 2.45) is 5.10 Å². The van der Waals surface area contributed by atoms with E-state index in [-0.39, 0.29) is 12.2 Å². The first-order valence-electron chi connectivity index (χ1n) is 6.20. The number of ether oxygens (including phenoxy) is 1. The molecule has 0 aliphatic carbocycles. The summed E-state index contributed by atoms with van der Waals surface area (Å²) in [7, 11) is 0. The third-order valence-corrected chi connectivity index (χ3v) is 3.08. The van der Waals surface area contributed by atoms with Crippen LogP contribution in [0.15, 0.2) is 47.6 Å². The zero-order valence-electron chi connectivity index (χ0n) is 11.2. The Kier molecular flexibility index (Phi) is 5.75. The number of carbonyl (C=O) groups excluding carboxylic acids is 1. The summed E-state index contributed by atoms with van der Waals surface area (Å²) in [4.78, 5) is 11.6. The molecule has 0 aromatic heterocycles. The minimum absolute atomic E-state index is 0.268. The maximum atomic E-state index is 13.3. The number of amides is 1. The van der Waals surface area contributed by atoms with Crippen LogP contribution in [0.1, 0.15) is 5.56 Å². The van der Waals surface area contributed by atoms with Crippen molar-refractivity contribution in [1.82, 2.24) is 5.43 Å². The summed E-state index contributed by atoms with van der Waals surface area (Å²) in [5.41, 5.74) is 2.50. The fourth-order valence-electron chi connectivity index (χ4n) is 1.52. The van der Waals surface area contributed by atoms with E-state index in [1.807, 2.05) is 0 Å². The van der Waals surface area contributed by atoms with E-state index in [9.17, 15) is 9.18 Å². The molecule has 0 saturated carbocycles. The number of nitrogens with one attached hydrogen (secondary N) is 1. The molecule has 0 spiro atoms. The molecule has 0 unspecified atom stereocenters. The first-order chi connectivity index (χ1) is 10.6. The number of hydrazone groups is 1. The maximum Gasteiger partial charge on any atom is 0.277 e. The second-order valence-electron chi connectivity index (χ2n) is 4.18. The predicted molar refractivity (Wildman–Crippen MR) is 84.1 cm³/mol. The summed E-state index contributed by atoms with van der Waals surface area (Å²) in [6.45, 7) is -0.282. The highest BCUT2D eigenvalue weighted by molar-refractivity contribution is 6.35. The van der Waals surface area contributed by atoms with Gasteiger partial charge in [0.1, 0.15) is 11.6 Å². The monoisotopic (exact) mass is 340 g/mol. The molecular formula is C15H11Cl2FN2O2. The first-order valence-corrected chi connectivity index (χ1v) is 6.96. The van der Waals surface area contributed by atoms with E-state index >= 15 is 0 Å². The molecule has 0 radical (unpaired) electrons. The standard InChI is InChI=1S/C15H11Cl2FN2O2/c16-11-5-6-14(12(17)7-11)22-9-15(21)20-19-8-10-3-1-2-4-13(10)18/h1-8H,9H2,(H,20,21)/b19-8-. The number of halogens is 3. The second kappa shape index (κ2) is 7.77. The molecule has 0 atom stereocenters. The molecule has 22 heavy (non-hydrogen) atoms. The van der Waals surface area contributed by atoms with E-state index in [2.05, 4.69) is 10.5 Å². The van der Waals surface area contributed by atoms with Crippen LogP contribution in [-0.4, -0.2) is 18.7 Å². The van der Waals surface area contributed by atoms with Crippen molar-refractivity contribution in [2.45, 2.75) is 0 Å². The lowest BCUT2D eigenvalue weighted by Gasteiger charge is -2.07. The second-order valence-corrected chi connectivity index (χ2v) is 5.02. The Morgan fingerprint density at radius 2 is 2.05 bits per heavy atom. The van der Waals surface area contributed by atoms with Crippen LogP contribution in [0.5, 0.6) is 5.75 Å². The smallest absolute Gasteiger partial charge is 0.277 e. The first kappa shape index (κ1) is 16.3. The molecule has 114 valence electrons. The van der Waals surface area contributed by atoms with Crippen molar-refractivity contribution in [3.8, 4) is 5.75 Å². The maximum absolute atomic E-state index is 13.3. The molecule has 4 nitrogen and oxygen atoms in total. The quantitative estimate of drug-likeness (QED) is 0.667. The molecule has 2 aromatic rings. The zero-order valence-corrected chi connectivity index (χ0v) is 12.7. The summed E-state index contributed by atoms with van der Waals surface area (Å²) in [5.74, 6) is -0.595. The molecule has 1 N–H and O–H groups in total. The van der Waals surface area contributed by atoms with Crippen LogP contribution in [0, 0.1) is 5.82 Å². The fourth-order valence-corrected chi connectivity index (χ4v) is 1.98. The van der Waals surface area contributed by atoms with Gasteiger partial charge in [0.25, 0.3) is 5.91 Å². The largest absolute Gasteiger partial charge is 0.482 e. The molecule has 0 aliphatic heterocycles. The van der Waals surface area contributed by atoms with Crippen LogP contribution in [0.3, 0.4) is 0 Å². The van der Waals surface area contributed by atoms with Gasteiger partial charge in [-0.3, -0.25) is 4.79 Å². The van der Waals surface area contributed by atoms with Crippen LogP contribution in [-0.2, 0) is 4.79 Å². The molecule has 1 amide bonds. The van der Waals surface area contributed by atoms with Crippen molar-refractivity contribution < 1.29 is 13.9 Å². The SMILES string of the molecule is O=C(COc1ccc(Cl)cc1Cl)N/N=C\c1ccccc1F. The molecule has 7 heteroatoms. The molecule has 0 aliphatic rings. The number of hydrogen-bond acceptors (Lipinski definition) is 3. The summed E-state index contributed by atoms with van der Waals surface area (Å²) in [6, 6.07) is 10.7. The highest BCUT2D eigenvalue weighted by atomic mass is 35.5. The molecular weight excluding hydrogens is 330 g/mol. The molecule has 0 saturated heterocycles. The Hall–Kier alpha value is -2.11. The fraction of sp³-hybridized carbons (Fsp3) is 0.0667. The van der Waals surface area contributed by atoms with Gasteiger partial charge in [0.05, 0.1) is 11.2 Å². The Labute approximate surface area is 136 Å². The van der Waals surface area contributed by atoms with Gasteiger partial charge in [0.2, 0.25) is 0 Å². The number of benzene rings is 2. The third-order valence-electron chi connectivity index (χ3n) is 2.55. The highest BCUT2D eigenvalue weighted by Gasteiger charge is 2.06. The topological polar surface area (TPSA) is 50.7 Å². The van der Waals surface area contributed by atoms with Gasteiger partial charge >= 0.3 is 0 Å². The molecule has 2 aromatic carbocycles. The highest BCUT2D eigenvalue weighted by Crippen LogP contribution is 2.27. The van der Waals surface area contributed by atoms with Crippen LogP contribution in [0.4, 0.5) is 4.39 Å². The van der Waals surface area contributed by atoms with Crippen molar-refractivity contribution in [2.75, 3.05) is 6.61 Å². The zero-order chi connectivity index (χ0) is 15.9. The van der Waals surface area contributed by atoms with E-state index < -0.39 is 11.7 Å². The average molecular weight is 341 g/mol. The van der Waals surface area contributed by atoms with Crippen molar-refractivity contribution in [3.05, 3.63) is 63.9 Å². The third kappa shape index (κ3) is 4.72. The van der Waals surface area contributed by atoms with Crippen LogP contribution in [0.2, 0.25) is 10.0 Å². The summed E-state index contributed by atoms with van der Waals surface area (Å²) in [6.07, 6.45) is 1.21. The van der Waals surface area contributed by atoms with Gasteiger partial charge < -0.3 is 4.74 Å². The predicted octanol–water partition coefficient (Wildman–Crippen LogP) is 3.66. The molecule has 0 heterocycles. The number of carbonyl (C=O) groups is 1. The van der Waals surface area contributed by atoms with Gasteiger partial charge in [-0.15, -0.1) is 0 Å². The Bertz CT molecular complexity index is 708. The average Bonchev–Trinajstić information content (AvgIpc) is 2.48. The van der Waals surface area contributed by atoms with E-state index in [1.165, 1.54) is 24.4 Å². The summed E-state index contributed by atoms with van der Waals surface area (Å²) >= 11 is 11.7. The lowest BCUT2D eigenvalue weighted by atomic mass is 10.2. The number of nitrogens with zero attached hydrogens (tertiary/aromatic N) is 1. The minimum Gasteiger partial charge on any atom is -0.482 e. The Morgan fingerprint density at radius 3 is 2.77 bits per heavy atom. The summed E-state index contributed by atoms with van der Waals surface area (Å²) < 4.78 is 18.5. The van der Waals surface area contributed by atoms with Gasteiger partial charge in [-0.1, -0.05) is 41.4 Å². The van der Waals surface area contributed by atoms with Crippen molar-refractivity contribution in [3.63, 3.8) is 0 Å². The van der Waals surface area contributed by atoms with Crippen LogP contribution < -0.4 is 10.2 Å². The Balaban J connectivity index is 1.84. The van der Waals surface area contributed by atoms with Gasteiger partial charge in [-0.2, -0.15) is 5.10 Å². The molecule has 2 rings (SSSR count).